The topological polar surface area (TPSA) is 50.5 Å². The summed E-state index contributed by atoms with van der Waals surface area (Å²) in [5.74, 6) is 5.93. The third-order valence-corrected chi connectivity index (χ3v) is 5.40. The van der Waals surface area contributed by atoms with Gasteiger partial charge in [0.25, 0.3) is 0 Å². The summed E-state index contributed by atoms with van der Waals surface area (Å²) in [4.78, 5) is 2.66. The third kappa shape index (κ3) is 3.94. The maximum absolute atomic E-state index is 5.93. The van der Waals surface area contributed by atoms with Gasteiger partial charge >= 0.3 is 0 Å². The number of hydrogen-bond donors (Lipinski definition) is 2. The number of likely N-dealkylation sites (tertiary alicyclic amines) is 1. The minimum atomic E-state index is -0.0761. The molecule has 4 heteroatoms. The average Bonchev–Trinajstić information content (AvgIpc) is 2.98. The highest BCUT2D eigenvalue weighted by Crippen LogP contribution is 2.34. The van der Waals surface area contributed by atoms with E-state index in [-0.39, 0.29) is 11.1 Å². The Morgan fingerprint density at radius 3 is 2.15 bits per heavy atom. The monoisotopic (exact) mass is 285 g/mol. The Bertz CT molecular complexity index is 271. The molecular formula is C16H35N3O. The molecule has 3 N–H and O–H groups in total. The number of nitrogens with one attached hydrogen (secondary N) is 1. The first-order valence-electron chi connectivity index (χ1n) is 8.22. The predicted octanol–water partition coefficient (Wildman–Crippen LogP) is 2.68. The Labute approximate surface area is 125 Å². The number of methoxy groups -OCH3 is 1. The van der Waals surface area contributed by atoms with E-state index in [9.17, 15) is 0 Å². The molecule has 0 saturated carbocycles. The summed E-state index contributed by atoms with van der Waals surface area (Å²) < 4.78 is 5.56. The van der Waals surface area contributed by atoms with Crippen LogP contribution in [0.1, 0.15) is 66.2 Å². The Morgan fingerprint density at radius 2 is 1.75 bits per heavy atom. The molecule has 0 aromatic heterocycles. The zero-order chi connectivity index (χ0) is 15.2. The van der Waals surface area contributed by atoms with Crippen molar-refractivity contribution in [3.8, 4) is 0 Å². The van der Waals surface area contributed by atoms with Crippen LogP contribution in [-0.4, -0.2) is 42.3 Å². The summed E-state index contributed by atoms with van der Waals surface area (Å²) in [6, 6.07) is 0.324. The van der Waals surface area contributed by atoms with Gasteiger partial charge in [0.1, 0.15) is 0 Å². The summed E-state index contributed by atoms with van der Waals surface area (Å²) in [6.07, 6.45) is 7.01. The summed E-state index contributed by atoms with van der Waals surface area (Å²) in [7, 11) is 1.79. The number of nitrogens with two attached hydrogens (primary N) is 1. The fraction of sp³-hybridized carbons (Fsp3) is 1.00. The normalized spacial score (nSPS) is 19.5. The van der Waals surface area contributed by atoms with Gasteiger partial charge < -0.3 is 4.74 Å². The highest BCUT2D eigenvalue weighted by molar-refractivity contribution is 5.00. The molecule has 1 fully saturated rings. The van der Waals surface area contributed by atoms with Crippen LogP contribution in [0.4, 0.5) is 0 Å². The van der Waals surface area contributed by atoms with E-state index in [1.165, 1.54) is 25.9 Å². The van der Waals surface area contributed by atoms with E-state index in [2.05, 4.69) is 38.0 Å². The van der Waals surface area contributed by atoms with E-state index in [4.69, 9.17) is 10.6 Å². The van der Waals surface area contributed by atoms with Crippen LogP contribution in [0.15, 0.2) is 0 Å². The molecule has 4 nitrogen and oxygen atoms in total. The second-order valence-corrected chi connectivity index (χ2v) is 6.73. The van der Waals surface area contributed by atoms with Gasteiger partial charge in [-0.25, -0.2) is 0 Å². The third-order valence-electron chi connectivity index (χ3n) is 5.40. The molecule has 0 aliphatic carbocycles. The minimum absolute atomic E-state index is 0.0761. The summed E-state index contributed by atoms with van der Waals surface area (Å²) in [5, 5.41) is 0. The van der Waals surface area contributed by atoms with Crippen molar-refractivity contribution in [1.29, 1.82) is 0 Å². The second-order valence-electron chi connectivity index (χ2n) is 6.73. The molecule has 20 heavy (non-hydrogen) atoms. The minimum Gasteiger partial charge on any atom is -0.379 e. The summed E-state index contributed by atoms with van der Waals surface area (Å²) >= 11 is 0. The molecule has 0 spiro atoms. The van der Waals surface area contributed by atoms with Gasteiger partial charge in [0.2, 0.25) is 0 Å². The predicted molar refractivity (Wildman–Crippen MR) is 85.6 cm³/mol. The molecule has 0 bridgehead atoms. The zero-order valence-corrected chi connectivity index (χ0v) is 14.2. The maximum atomic E-state index is 5.93. The number of ether oxygens (including phenoxy) is 1. The van der Waals surface area contributed by atoms with Crippen molar-refractivity contribution in [2.75, 3.05) is 20.2 Å². The molecule has 0 radical (unpaired) electrons. The van der Waals surface area contributed by atoms with Crippen LogP contribution >= 0.6 is 0 Å². The maximum Gasteiger partial charge on any atom is 0.0623 e. The number of nitrogens with zero attached hydrogens (tertiary/aromatic N) is 1. The summed E-state index contributed by atoms with van der Waals surface area (Å²) in [6.45, 7) is 11.3. The molecule has 1 rings (SSSR count). The van der Waals surface area contributed by atoms with Gasteiger partial charge in [0.15, 0.2) is 0 Å². The van der Waals surface area contributed by atoms with Gasteiger partial charge in [-0.3, -0.25) is 16.2 Å². The molecule has 1 aliphatic heterocycles. The van der Waals surface area contributed by atoms with Crippen molar-refractivity contribution < 1.29 is 4.74 Å². The Morgan fingerprint density at radius 1 is 1.20 bits per heavy atom. The van der Waals surface area contributed by atoms with Crippen molar-refractivity contribution in [3.63, 3.8) is 0 Å². The lowest BCUT2D eigenvalue weighted by Gasteiger charge is -2.47. The highest BCUT2D eigenvalue weighted by atomic mass is 16.5. The van der Waals surface area contributed by atoms with Crippen LogP contribution < -0.4 is 11.3 Å². The lowest BCUT2D eigenvalue weighted by molar-refractivity contribution is -0.000946. The van der Waals surface area contributed by atoms with Gasteiger partial charge in [0.05, 0.1) is 5.60 Å². The molecule has 120 valence electrons. The van der Waals surface area contributed by atoms with Crippen molar-refractivity contribution in [2.45, 2.75) is 83.4 Å². The first-order valence-corrected chi connectivity index (χ1v) is 8.22. The average molecular weight is 285 g/mol. The largest absolute Gasteiger partial charge is 0.379 e. The van der Waals surface area contributed by atoms with Crippen molar-refractivity contribution in [3.05, 3.63) is 0 Å². The van der Waals surface area contributed by atoms with Crippen LogP contribution in [0, 0.1) is 0 Å². The second kappa shape index (κ2) is 7.74. The van der Waals surface area contributed by atoms with Crippen LogP contribution in [0.2, 0.25) is 0 Å². The zero-order valence-electron chi connectivity index (χ0n) is 14.2. The Hall–Kier alpha value is -0.160. The van der Waals surface area contributed by atoms with E-state index in [0.717, 1.165) is 25.7 Å². The summed E-state index contributed by atoms with van der Waals surface area (Å²) in [5.41, 5.74) is 3.23. The molecule has 0 amide bonds. The van der Waals surface area contributed by atoms with Crippen LogP contribution in [0.3, 0.4) is 0 Å². The molecule has 1 aliphatic rings. The van der Waals surface area contributed by atoms with E-state index in [0.29, 0.717) is 6.04 Å². The van der Waals surface area contributed by atoms with Gasteiger partial charge in [0, 0.05) is 18.7 Å². The number of hydrogen-bond acceptors (Lipinski definition) is 4. The lowest BCUT2D eigenvalue weighted by Crippen LogP contribution is -2.61. The first kappa shape index (κ1) is 17.9. The van der Waals surface area contributed by atoms with Crippen molar-refractivity contribution >= 4 is 0 Å². The fourth-order valence-electron chi connectivity index (χ4n) is 3.67. The van der Waals surface area contributed by atoms with E-state index in [1.54, 1.807) is 7.11 Å². The van der Waals surface area contributed by atoms with Crippen molar-refractivity contribution in [2.24, 2.45) is 5.84 Å². The Kier molecular flexibility index (Phi) is 6.92. The van der Waals surface area contributed by atoms with Gasteiger partial charge in [-0.15, -0.1) is 0 Å². The van der Waals surface area contributed by atoms with E-state index < -0.39 is 0 Å². The van der Waals surface area contributed by atoms with Crippen LogP contribution in [0.5, 0.6) is 0 Å². The van der Waals surface area contributed by atoms with Crippen LogP contribution in [-0.2, 0) is 4.74 Å². The molecule has 0 aromatic rings. The molecule has 0 aromatic carbocycles. The molecular weight excluding hydrogens is 250 g/mol. The standard InChI is InChI=1S/C16H35N3O/c1-6-16(7-2,19-12-8-9-13-19)14(18-17)10-11-15(3,4)20-5/h14,18H,6-13,17H2,1-5H3. The molecule has 1 heterocycles. The molecule has 1 atom stereocenters. The van der Waals surface area contributed by atoms with E-state index >= 15 is 0 Å². The van der Waals surface area contributed by atoms with Gasteiger partial charge in [-0.2, -0.15) is 0 Å². The number of rotatable bonds is 9. The fourth-order valence-corrected chi connectivity index (χ4v) is 3.67. The molecule has 1 saturated heterocycles. The lowest BCUT2D eigenvalue weighted by atomic mass is 9.79. The quantitative estimate of drug-likeness (QED) is 0.505. The van der Waals surface area contributed by atoms with Crippen LogP contribution in [0.25, 0.3) is 0 Å². The number of hydrazine groups is 1. The van der Waals surface area contributed by atoms with E-state index in [1.807, 2.05) is 0 Å². The SMILES string of the molecule is CCC(CC)(C(CCC(C)(C)OC)NN)N1CCCC1. The van der Waals surface area contributed by atoms with Gasteiger partial charge in [-0.05, 0) is 65.5 Å². The molecule has 1 unspecified atom stereocenters. The van der Waals surface area contributed by atoms with Crippen molar-refractivity contribution in [1.82, 2.24) is 10.3 Å². The highest BCUT2D eigenvalue weighted by Gasteiger charge is 2.41. The Balaban J connectivity index is 2.80. The smallest absolute Gasteiger partial charge is 0.0623 e. The first-order chi connectivity index (χ1) is 9.45. The van der Waals surface area contributed by atoms with Gasteiger partial charge in [-0.1, -0.05) is 13.8 Å².